The molecule has 0 bridgehead atoms. The molecule has 106 valence electrons. The van der Waals surface area contributed by atoms with E-state index in [-0.39, 0.29) is 12.5 Å². The molecule has 0 fully saturated rings. The van der Waals surface area contributed by atoms with Crippen LogP contribution in [0.25, 0.3) is 0 Å². The van der Waals surface area contributed by atoms with Crippen molar-refractivity contribution in [1.82, 2.24) is 5.32 Å². The van der Waals surface area contributed by atoms with Crippen molar-refractivity contribution in [3.63, 3.8) is 0 Å². The number of nitrogens with one attached hydrogen (secondary N) is 1. The highest BCUT2D eigenvalue weighted by Gasteiger charge is 2.16. The van der Waals surface area contributed by atoms with Gasteiger partial charge in [-0.15, -0.1) is 0 Å². The van der Waals surface area contributed by atoms with E-state index in [1.807, 2.05) is 6.07 Å². The van der Waals surface area contributed by atoms with Gasteiger partial charge in [-0.3, -0.25) is 4.79 Å². The van der Waals surface area contributed by atoms with E-state index in [1.54, 1.807) is 12.1 Å². The van der Waals surface area contributed by atoms with Crippen LogP contribution in [-0.4, -0.2) is 18.5 Å². The number of hydrogen-bond donors (Lipinski definition) is 1. The number of carbonyl (C=O) groups is 2. The van der Waals surface area contributed by atoms with Gasteiger partial charge in [0.1, 0.15) is 6.61 Å². The van der Waals surface area contributed by atoms with E-state index in [0.29, 0.717) is 22.2 Å². The normalized spacial score (nSPS) is 14.2. The Morgan fingerprint density at radius 2 is 2.20 bits per heavy atom. The van der Waals surface area contributed by atoms with Gasteiger partial charge in [-0.2, -0.15) is 0 Å². The van der Waals surface area contributed by atoms with Crippen LogP contribution in [0.2, 0.25) is 5.02 Å². The van der Waals surface area contributed by atoms with Gasteiger partial charge in [0.05, 0.1) is 5.70 Å². The molecule has 4 nitrogen and oxygen atoms in total. The van der Waals surface area contributed by atoms with Crippen LogP contribution in [0.15, 0.2) is 30.0 Å². The molecule has 0 aromatic heterocycles. The summed E-state index contributed by atoms with van der Waals surface area (Å²) in [5.41, 5.74) is 1.95. The summed E-state index contributed by atoms with van der Waals surface area (Å²) >= 11 is 6.18. The Labute approximate surface area is 122 Å². The summed E-state index contributed by atoms with van der Waals surface area (Å²) in [6.07, 6.45) is 2.14. The Hall–Kier alpha value is -1.81. The molecular weight excluding hydrogens is 278 g/mol. The summed E-state index contributed by atoms with van der Waals surface area (Å²) in [6, 6.07) is 5.24. The molecular formula is C15H16ClNO3. The van der Waals surface area contributed by atoms with Crippen molar-refractivity contribution in [2.24, 2.45) is 5.92 Å². The average molecular weight is 294 g/mol. The van der Waals surface area contributed by atoms with E-state index in [9.17, 15) is 9.59 Å². The summed E-state index contributed by atoms with van der Waals surface area (Å²) in [7, 11) is 0. The minimum absolute atomic E-state index is 0.101. The predicted molar refractivity (Wildman–Crippen MR) is 76.5 cm³/mol. The van der Waals surface area contributed by atoms with Crippen LogP contribution in [0.1, 0.15) is 29.8 Å². The minimum atomic E-state index is -0.439. The standard InChI is InChI=1S/C15H16ClNO3/c1-9(2)5-10-3-4-11(6-13(10)16)15(19)17-12-7-14(18)20-8-12/h3-4,6-7,9H,5,8H2,1-2H3,(H,17,19). The number of carbonyl (C=O) groups excluding carboxylic acids is 2. The molecule has 0 radical (unpaired) electrons. The van der Waals surface area contributed by atoms with E-state index in [4.69, 9.17) is 16.3 Å². The first-order chi connectivity index (χ1) is 9.45. The van der Waals surface area contributed by atoms with Crippen LogP contribution in [0.3, 0.4) is 0 Å². The molecule has 2 rings (SSSR count). The topological polar surface area (TPSA) is 55.4 Å². The van der Waals surface area contributed by atoms with E-state index in [1.165, 1.54) is 6.08 Å². The molecule has 0 saturated carbocycles. The van der Waals surface area contributed by atoms with Gasteiger partial charge in [-0.25, -0.2) is 4.79 Å². The highest BCUT2D eigenvalue weighted by molar-refractivity contribution is 6.31. The second kappa shape index (κ2) is 6.09. The van der Waals surface area contributed by atoms with Gasteiger partial charge in [0, 0.05) is 16.7 Å². The third-order valence-corrected chi connectivity index (χ3v) is 3.23. The number of rotatable bonds is 4. The first kappa shape index (κ1) is 14.6. The third kappa shape index (κ3) is 3.61. The maximum atomic E-state index is 12.0. The molecule has 0 atom stereocenters. The summed E-state index contributed by atoms with van der Waals surface area (Å²) in [5, 5.41) is 3.21. The number of ether oxygens (including phenoxy) is 1. The quantitative estimate of drug-likeness (QED) is 0.869. The maximum absolute atomic E-state index is 12.0. The summed E-state index contributed by atoms with van der Waals surface area (Å²) in [6.45, 7) is 4.32. The highest BCUT2D eigenvalue weighted by Crippen LogP contribution is 2.21. The zero-order valence-electron chi connectivity index (χ0n) is 11.4. The fourth-order valence-electron chi connectivity index (χ4n) is 1.96. The Kier molecular flexibility index (Phi) is 4.45. The molecule has 0 spiro atoms. The van der Waals surface area contributed by atoms with Gasteiger partial charge in [0.15, 0.2) is 0 Å². The largest absolute Gasteiger partial charge is 0.456 e. The third-order valence-electron chi connectivity index (χ3n) is 2.88. The van der Waals surface area contributed by atoms with Crippen molar-refractivity contribution in [3.05, 3.63) is 46.1 Å². The maximum Gasteiger partial charge on any atom is 0.333 e. The molecule has 1 aromatic rings. The number of halogens is 1. The van der Waals surface area contributed by atoms with Gasteiger partial charge in [-0.05, 0) is 30.0 Å². The zero-order valence-corrected chi connectivity index (χ0v) is 12.2. The lowest BCUT2D eigenvalue weighted by Crippen LogP contribution is -2.23. The Balaban J connectivity index is 2.09. The lowest BCUT2D eigenvalue weighted by molar-refractivity contribution is -0.134. The smallest absolute Gasteiger partial charge is 0.333 e. The van der Waals surface area contributed by atoms with Gasteiger partial charge in [0.2, 0.25) is 0 Å². The zero-order chi connectivity index (χ0) is 14.7. The molecule has 0 unspecified atom stereocenters. The minimum Gasteiger partial charge on any atom is -0.456 e. The van der Waals surface area contributed by atoms with E-state index in [0.717, 1.165) is 12.0 Å². The van der Waals surface area contributed by atoms with Crippen molar-refractivity contribution in [3.8, 4) is 0 Å². The summed E-state index contributed by atoms with van der Waals surface area (Å²) < 4.78 is 4.72. The number of benzene rings is 1. The van der Waals surface area contributed by atoms with Crippen LogP contribution in [-0.2, 0) is 16.0 Å². The first-order valence-electron chi connectivity index (χ1n) is 6.43. The summed E-state index contributed by atoms with van der Waals surface area (Å²) in [4.78, 5) is 22.9. The fraction of sp³-hybridized carbons (Fsp3) is 0.333. The average Bonchev–Trinajstić information content (AvgIpc) is 2.76. The summed E-state index contributed by atoms with van der Waals surface area (Å²) in [5.74, 6) is -0.239. The Morgan fingerprint density at radius 3 is 2.75 bits per heavy atom. The van der Waals surface area contributed by atoms with Crippen LogP contribution in [0.4, 0.5) is 0 Å². The van der Waals surface area contributed by atoms with Crippen LogP contribution in [0, 0.1) is 5.92 Å². The van der Waals surface area contributed by atoms with E-state index in [2.05, 4.69) is 19.2 Å². The van der Waals surface area contributed by atoms with Crippen molar-refractivity contribution in [1.29, 1.82) is 0 Å². The molecule has 1 heterocycles. The van der Waals surface area contributed by atoms with E-state index >= 15 is 0 Å². The number of cyclic esters (lactones) is 1. The molecule has 5 heteroatoms. The van der Waals surface area contributed by atoms with Crippen molar-refractivity contribution >= 4 is 23.5 Å². The van der Waals surface area contributed by atoms with Gasteiger partial charge >= 0.3 is 5.97 Å². The van der Waals surface area contributed by atoms with E-state index < -0.39 is 5.97 Å². The molecule has 0 aliphatic carbocycles. The second-order valence-corrected chi connectivity index (χ2v) is 5.54. The molecule has 0 saturated heterocycles. The molecule has 1 N–H and O–H groups in total. The lowest BCUT2D eigenvalue weighted by atomic mass is 10.0. The highest BCUT2D eigenvalue weighted by atomic mass is 35.5. The van der Waals surface area contributed by atoms with Crippen LogP contribution < -0.4 is 5.32 Å². The van der Waals surface area contributed by atoms with Gasteiger partial charge in [0.25, 0.3) is 5.91 Å². The molecule has 1 aromatic carbocycles. The number of amides is 1. The fourth-order valence-corrected chi connectivity index (χ4v) is 2.22. The molecule has 1 amide bonds. The Bertz CT molecular complexity index is 578. The molecule has 1 aliphatic heterocycles. The number of esters is 1. The van der Waals surface area contributed by atoms with Crippen molar-refractivity contribution in [2.45, 2.75) is 20.3 Å². The SMILES string of the molecule is CC(C)Cc1ccc(C(=O)NC2=CC(=O)OC2)cc1Cl. The Morgan fingerprint density at radius 1 is 1.45 bits per heavy atom. The second-order valence-electron chi connectivity index (χ2n) is 5.14. The van der Waals surface area contributed by atoms with Gasteiger partial charge < -0.3 is 10.1 Å². The monoisotopic (exact) mass is 293 g/mol. The molecule has 1 aliphatic rings. The predicted octanol–water partition coefficient (Wildman–Crippen LogP) is 2.71. The van der Waals surface area contributed by atoms with Crippen molar-refractivity contribution < 1.29 is 14.3 Å². The van der Waals surface area contributed by atoms with Gasteiger partial charge in [-0.1, -0.05) is 31.5 Å². The first-order valence-corrected chi connectivity index (χ1v) is 6.80. The molecule has 20 heavy (non-hydrogen) atoms. The number of hydrogen-bond acceptors (Lipinski definition) is 3. The van der Waals surface area contributed by atoms with Crippen LogP contribution in [0.5, 0.6) is 0 Å². The van der Waals surface area contributed by atoms with Crippen LogP contribution >= 0.6 is 11.6 Å². The van der Waals surface area contributed by atoms with Crippen molar-refractivity contribution in [2.75, 3.05) is 6.61 Å². The lowest BCUT2D eigenvalue weighted by Gasteiger charge is -2.09.